The van der Waals surface area contributed by atoms with Crippen molar-refractivity contribution >= 4 is 51.7 Å². The Kier molecular flexibility index (Phi) is 8.48. The summed E-state index contributed by atoms with van der Waals surface area (Å²) >= 11 is 6.80. The first-order valence-corrected chi connectivity index (χ1v) is 12.6. The molecule has 1 fully saturated rings. The van der Waals surface area contributed by atoms with Crippen molar-refractivity contribution in [3.05, 3.63) is 45.2 Å². The molecule has 0 radical (unpaired) electrons. The second-order valence-corrected chi connectivity index (χ2v) is 10.3. The molecule has 1 aliphatic rings. The highest BCUT2D eigenvalue weighted by Crippen LogP contribution is 2.34. The van der Waals surface area contributed by atoms with Crippen molar-refractivity contribution in [2.24, 2.45) is 11.8 Å². The molecule has 1 saturated heterocycles. The number of aromatic nitrogens is 2. The van der Waals surface area contributed by atoms with Crippen molar-refractivity contribution in [3.63, 3.8) is 0 Å². The number of anilines is 1. The third kappa shape index (κ3) is 5.59. The number of rotatable bonds is 10. The monoisotopic (exact) mass is 472 g/mol. The summed E-state index contributed by atoms with van der Waals surface area (Å²) in [6.45, 7) is 9.82. The van der Waals surface area contributed by atoms with Gasteiger partial charge in [0.15, 0.2) is 0 Å². The van der Waals surface area contributed by atoms with E-state index in [1.165, 1.54) is 16.2 Å². The molecule has 0 aromatic carbocycles. The standard InChI is InChI=1S/C24H32N4O2S2/c1-5-7-10-17(6-2)15-28-23(30)19(32-24(28)31)13-18-21(25-14-16(3)4)26-20-11-8-9-12-27(20)22(18)29/h8-9,11-13,16-17,25H,5-7,10,14-15H2,1-4H3. The quantitative estimate of drug-likeness (QED) is 0.380. The summed E-state index contributed by atoms with van der Waals surface area (Å²) in [6, 6.07) is 5.44. The number of pyridine rings is 1. The number of nitrogens with one attached hydrogen (secondary N) is 1. The Hall–Kier alpha value is -2.19. The number of thiocarbonyl (C=S) groups is 1. The number of nitrogens with zero attached hydrogens (tertiary/aromatic N) is 3. The van der Waals surface area contributed by atoms with Crippen LogP contribution in [0, 0.1) is 11.8 Å². The van der Waals surface area contributed by atoms with Crippen molar-refractivity contribution in [3.8, 4) is 0 Å². The van der Waals surface area contributed by atoms with Crippen LogP contribution in [-0.4, -0.2) is 37.6 Å². The second-order valence-electron chi connectivity index (χ2n) is 8.59. The van der Waals surface area contributed by atoms with Gasteiger partial charge in [0, 0.05) is 19.3 Å². The molecule has 1 aliphatic heterocycles. The van der Waals surface area contributed by atoms with Crippen LogP contribution in [0.15, 0.2) is 34.1 Å². The summed E-state index contributed by atoms with van der Waals surface area (Å²) in [5, 5.41) is 3.29. The minimum atomic E-state index is -0.207. The smallest absolute Gasteiger partial charge is 0.267 e. The van der Waals surface area contributed by atoms with Crippen LogP contribution in [0.1, 0.15) is 58.9 Å². The van der Waals surface area contributed by atoms with E-state index >= 15 is 0 Å². The van der Waals surface area contributed by atoms with Gasteiger partial charge in [-0.1, -0.05) is 77.0 Å². The Morgan fingerprint density at radius 1 is 1.25 bits per heavy atom. The second kappa shape index (κ2) is 11.1. The molecule has 3 heterocycles. The number of hydrogen-bond acceptors (Lipinski definition) is 6. The summed E-state index contributed by atoms with van der Waals surface area (Å²) < 4.78 is 2.06. The van der Waals surface area contributed by atoms with Crippen LogP contribution in [0.25, 0.3) is 11.7 Å². The van der Waals surface area contributed by atoms with E-state index in [0.29, 0.717) is 51.2 Å². The minimum absolute atomic E-state index is 0.123. The minimum Gasteiger partial charge on any atom is -0.369 e. The summed E-state index contributed by atoms with van der Waals surface area (Å²) in [6.07, 6.45) is 7.73. The predicted octanol–water partition coefficient (Wildman–Crippen LogP) is 5.18. The molecule has 0 spiro atoms. The average Bonchev–Trinajstić information content (AvgIpc) is 3.04. The van der Waals surface area contributed by atoms with Gasteiger partial charge in [-0.15, -0.1) is 0 Å². The van der Waals surface area contributed by atoms with Crippen LogP contribution in [0.2, 0.25) is 0 Å². The molecule has 172 valence electrons. The molecule has 3 rings (SSSR count). The van der Waals surface area contributed by atoms with Crippen LogP contribution >= 0.6 is 24.0 Å². The van der Waals surface area contributed by atoms with Gasteiger partial charge in [-0.25, -0.2) is 4.98 Å². The zero-order chi connectivity index (χ0) is 23.3. The van der Waals surface area contributed by atoms with E-state index in [-0.39, 0.29) is 11.5 Å². The zero-order valence-electron chi connectivity index (χ0n) is 19.3. The Labute approximate surface area is 199 Å². The van der Waals surface area contributed by atoms with Crippen molar-refractivity contribution in [1.29, 1.82) is 0 Å². The van der Waals surface area contributed by atoms with Crippen molar-refractivity contribution in [2.75, 3.05) is 18.4 Å². The van der Waals surface area contributed by atoms with Crippen LogP contribution in [0.4, 0.5) is 5.82 Å². The summed E-state index contributed by atoms with van der Waals surface area (Å²) in [4.78, 5) is 33.3. The highest BCUT2D eigenvalue weighted by atomic mass is 32.2. The average molecular weight is 473 g/mol. The lowest BCUT2D eigenvalue weighted by Crippen LogP contribution is -2.33. The number of amides is 1. The topological polar surface area (TPSA) is 66.7 Å². The number of carbonyl (C=O) groups is 1. The molecule has 0 aliphatic carbocycles. The molecule has 2 aromatic heterocycles. The normalized spacial score (nSPS) is 16.5. The fourth-order valence-corrected chi connectivity index (χ4v) is 4.89. The third-order valence-electron chi connectivity index (χ3n) is 5.58. The maximum atomic E-state index is 13.3. The Morgan fingerprint density at radius 3 is 2.72 bits per heavy atom. The van der Waals surface area contributed by atoms with E-state index in [2.05, 4.69) is 38.0 Å². The zero-order valence-corrected chi connectivity index (χ0v) is 20.9. The number of hydrogen-bond donors (Lipinski definition) is 1. The van der Waals surface area contributed by atoms with Crippen molar-refractivity contribution < 1.29 is 4.79 Å². The van der Waals surface area contributed by atoms with Crippen LogP contribution in [0.3, 0.4) is 0 Å². The maximum Gasteiger partial charge on any atom is 0.267 e. The number of carbonyl (C=O) groups excluding carboxylic acids is 1. The lowest BCUT2D eigenvalue weighted by molar-refractivity contribution is -0.122. The molecule has 6 nitrogen and oxygen atoms in total. The van der Waals surface area contributed by atoms with E-state index in [1.807, 2.05) is 6.07 Å². The maximum absolute atomic E-state index is 13.3. The van der Waals surface area contributed by atoms with Gasteiger partial charge in [-0.2, -0.15) is 0 Å². The van der Waals surface area contributed by atoms with Gasteiger partial charge in [0.25, 0.3) is 11.5 Å². The molecular formula is C24H32N4O2S2. The van der Waals surface area contributed by atoms with Crippen LogP contribution in [0.5, 0.6) is 0 Å². The van der Waals surface area contributed by atoms with Gasteiger partial charge in [-0.3, -0.25) is 18.9 Å². The van der Waals surface area contributed by atoms with Crippen LogP contribution in [-0.2, 0) is 4.79 Å². The third-order valence-corrected chi connectivity index (χ3v) is 6.96. The molecule has 0 bridgehead atoms. The fourth-order valence-electron chi connectivity index (χ4n) is 3.63. The Balaban J connectivity index is 1.96. The molecule has 0 saturated carbocycles. The van der Waals surface area contributed by atoms with E-state index in [1.54, 1.807) is 29.3 Å². The van der Waals surface area contributed by atoms with Crippen molar-refractivity contribution in [1.82, 2.24) is 14.3 Å². The lowest BCUT2D eigenvalue weighted by Gasteiger charge is -2.21. The van der Waals surface area contributed by atoms with Gasteiger partial charge < -0.3 is 5.32 Å². The highest BCUT2D eigenvalue weighted by molar-refractivity contribution is 8.26. The number of fused-ring (bicyclic) bond motifs is 1. The predicted molar refractivity (Wildman–Crippen MR) is 138 cm³/mol. The van der Waals surface area contributed by atoms with Gasteiger partial charge in [0.1, 0.15) is 15.8 Å². The van der Waals surface area contributed by atoms with Crippen molar-refractivity contribution in [2.45, 2.75) is 53.4 Å². The van der Waals surface area contributed by atoms with E-state index < -0.39 is 0 Å². The first kappa shape index (κ1) is 24.5. The van der Waals surface area contributed by atoms with Gasteiger partial charge in [0.2, 0.25) is 0 Å². The summed E-state index contributed by atoms with van der Waals surface area (Å²) in [5.41, 5.74) is 0.740. The first-order chi connectivity index (χ1) is 15.3. The fraction of sp³-hybridized carbons (Fsp3) is 0.500. The first-order valence-electron chi connectivity index (χ1n) is 11.4. The van der Waals surface area contributed by atoms with Gasteiger partial charge in [0.05, 0.1) is 10.5 Å². The molecule has 1 amide bonds. The van der Waals surface area contributed by atoms with E-state index in [9.17, 15) is 9.59 Å². The lowest BCUT2D eigenvalue weighted by atomic mass is 9.99. The Bertz CT molecular complexity index is 1080. The highest BCUT2D eigenvalue weighted by Gasteiger charge is 2.33. The van der Waals surface area contributed by atoms with Gasteiger partial charge >= 0.3 is 0 Å². The molecule has 2 aromatic rings. The Morgan fingerprint density at radius 2 is 2.03 bits per heavy atom. The summed E-state index contributed by atoms with van der Waals surface area (Å²) in [7, 11) is 0. The van der Waals surface area contributed by atoms with E-state index in [4.69, 9.17) is 12.2 Å². The largest absolute Gasteiger partial charge is 0.369 e. The molecule has 8 heteroatoms. The SMILES string of the molecule is CCCCC(CC)CN1C(=O)C(=Cc2c(NCC(C)C)nc3ccccn3c2=O)SC1=S. The molecule has 1 atom stereocenters. The summed E-state index contributed by atoms with van der Waals surface area (Å²) in [5.74, 6) is 1.18. The molecule has 1 N–H and O–H groups in total. The molecule has 1 unspecified atom stereocenters. The molecular weight excluding hydrogens is 440 g/mol. The molecule has 32 heavy (non-hydrogen) atoms. The van der Waals surface area contributed by atoms with Gasteiger partial charge in [-0.05, 0) is 36.5 Å². The van der Waals surface area contributed by atoms with E-state index in [0.717, 1.165) is 25.7 Å². The number of thioether (sulfide) groups is 1. The number of unbranched alkanes of at least 4 members (excludes halogenated alkanes) is 1. The van der Waals surface area contributed by atoms with Crippen LogP contribution < -0.4 is 10.9 Å².